The Bertz CT molecular complexity index is 709. The molecule has 2 saturated heterocycles. The summed E-state index contributed by atoms with van der Waals surface area (Å²) in [6.45, 7) is 6.99. The zero-order valence-electron chi connectivity index (χ0n) is 16.6. The third-order valence-electron chi connectivity index (χ3n) is 6.05. The summed E-state index contributed by atoms with van der Waals surface area (Å²) in [7, 11) is 0. The molecule has 28 heavy (non-hydrogen) atoms. The lowest BCUT2D eigenvalue weighted by molar-refractivity contribution is 0.0570. The van der Waals surface area contributed by atoms with Crippen LogP contribution in [0.15, 0.2) is 41.1 Å². The molecule has 2 aliphatic heterocycles. The number of thiophene rings is 1. The zero-order chi connectivity index (χ0) is 19.2. The van der Waals surface area contributed by atoms with E-state index >= 15 is 0 Å². The number of hydrogen-bond donors (Lipinski definition) is 0. The van der Waals surface area contributed by atoms with E-state index in [-0.39, 0.29) is 5.82 Å². The Morgan fingerprint density at radius 1 is 1.11 bits per heavy atom. The van der Waals surface area contributed by atoms with Crippen LogP contribution >= 0.6 is 11.3 Å². The van der Waals surface area contributed by atoms with Crippen LogP contribution in [-0.4, -0.2) is 48.7 Å². The molecule has 5 heteroatoms. The van der Waals surface area contributed by atoms with Gasteiger partial charge in [-0.2, -0.15) is 11.3 Å². The van der Waals surface area contributed by atoms with Crippen molar-refractivity contribution in [3.63, 3.8) is 0 Å². The summed E-state index contributed by atoms with van der Waals surface area (Å²) < 4.78 is 19.8. The Morgan fingerprint density at radius 3 is 2.68 bits per heavy atom. The summed E-state index contributed by atoms with van der Waals surface area (Å²) in [4.78, 5) is 5.01. The number of likely N-dealkylation sites (tertiary alicyclic amines) is 1. The van der Waals surface area contributed by atoms with Gasteiger partial charge in [-0.15, -0.1) is 0 Å². The van der Waals surface area contributed by atoms with E-state index in [9.17, 15) is 4.39 Å². The van der Waals surface area contributed by atoms with E-state index in [1.165, 1.54) is 31.2 Å². The van der Waals surface area contributed by atoms with Gasteiger partial charge in [-0.25, -0.2) is 4.39 Å². The highest BCUT2D eigenvalue weighted by Gasteiger charge is 2.25. The van der Waals surface area contributed by atoms with Gasteiger partial charge in [0.2, 0.25) is 0 Å². The zero-order valence-corrected chi connectivity index (χ0v) is 17.4. The molecule has 1 aromatic heterocycles. The van der Waals surface area contributed by atoms with Crippen molar-refractivity contribution in [2.75, 3.05) is 32.8 Å². The fourth-order valence-corrected chi connectivity index (χ4v) is 5.14. The van der Waals surface area contributed by atoms with Crippen LogP contribution in [-0.2, 0) is 17.8 Å². The van der Waals surface area contributed by atoms with Crippen LogP contribution in [0.3, 0.4) is 0 Å². The summed E-state index contributed by atoms with van der Waals surface area (Å²) in [6, 6.07) is 9.41. The van der Waals surface area contributed by atoms with Gasteiger partial charge < -0.3 is 4.74 Å². The molecule has 1 aromatic carbocycles. The normalized spacial score (nSPS) is 21.6. The molecule has 2 fully saturated rings. The molecule has 0 amide bonds. The molecule has 2 aliphatic rings. The Morgan fingerprint density at radius 2 is 1.96 bits per heavy atom. The van der Waals surface area contributed by atoms with Gasteiger partial charge >= 0.3 is 0 Å². The second-order valence-corrected chi connectivity index (χ2v) is 9.05. The van der Waals surface area contributed by atoms with Crippen LogP contribution in [0.25, 0.3) is 0 Å². The average Bonchev–Trinajstić information content (AvgIpc) is 3.39. The van der Waals surface area contributed by atoms with Gasteiger partial charge in [-0.05, 0) is 73.1 Å². The lowest BCUT2D eigenvalue weighted by atomic mass is 9.95. The van der Waals surface area contributed by atoms with E-state index in [0.29, 0.717) is 6.10 Å². The van der Waals surface area contributed by atoms with Gasteiger partial charge in [-0.3, -0.25) is 9.80 Å². The van der Waals surface area contributed by atoms with Crippen molar-refractivity contribution >= 4 is 11.3 Å². The Hall–Kier alpha value is -1.27. The molecule has 0 saturated carbocycles. The summed E-state index contributed by atoms with van der Waals surface area (Å²) in [5, 5.41) is 4.43. The summed E-state index contributed by atoms with van der Waals surface area (Å²) >= 11 is 1.78. The summed E-state index contributed by atoms with van der Waals surface area (Å²) in [5.41, 5.74) is 2.23. The molecule has 152 valence electrons. The van der Waals surface area contributed by atoms with Gasteiger partial charge in [-0.1, -0.05) is 18.2 Å². The molecule has 0 spiro atoms. The van der Waals surface area contributed by atoms with Gasteiger partial charge in [0, 0.05) is 38.3 Å². The molecule has 4 rings (SSSR count). The van der Waals surface area contributed by atoms with Gasteiger partial charge in [0.25, 0.3) is 0 Å². The van der Waals surface area contributed by atoms with Crippen LogP contribution in [0.5, 0.6) is 0 Å². The number of piperidine rings is 1. The molecule has 2 aromatic rings. The number of halogens is 1. The minimum absolute atomic E-state index is 0.0804. The number of hydrogen-bond acceptors (Lipinski definition) is 4. The van der Waals surface area contributed by atoms with Gasteiger partial charge in [0.05, 0.1) is 6.10 Å². The van der Waals surface area contributed by atoms with E-state index in [2.05, 4.69) is 26.6 Å². The third-order valence-corrected chi connectivity index (χ3v) is 6.78. The van der Waals surface area contributed by atoms with E-state index in [1.54, 1.807) is 23.5 Å². The van der Waals surface area contributed by atoms with Crippen LogP contribution < -0.4 is 0 Å². The van der Waals surface area contributed by atoms with Crippen molar-refractivity contribution in [1.29, 1.82) is 0 Å². The fraction of sp³-hybridized carbons (Fsp3) is 0.565. The Labute approximate surface area is 172 Å². The van der Waals surface area contributed by atoms with Crippen molar-refractivity contribution in [1.82, 2.24) is 9.80 Å². The SMILES string of the molecule is Fc1ccccc1CN1CCC(CN(Cc2ccsc2)CC2CCCO2)CC1. The molecule has 0 N–H and O–H groups in total. The molecule has 3 heterocycles. The van der Waals surface area contributed by atoms with Crippen molar-refractivity contribution in [2.45, 2.75) is 44.9 Å². The number of rotatable bonds is 8. The van der Waals surface area contributed by atoms with Crippen molar-refractivity contribution in [3.05, 3.63) is 58.0 Å². The van der Waals surface area contributed by atoms with Crippen LogP contribution in [0.4, 0.5) is 4.39 Å². The molecule has 0 radical (unpaired) electrons. The molecule has 3 nitrogen and oxygen atoms in total. The molecule has 0 bridgehead atoms. The first-order valence-electron chi connectivity index (χ1n) is 10.6. The highest BCUT2D eigenvalue weighted by molar-refractivity contribution is 7.07. The topological polar surface area (TPSA) is 15.7 Å². The predicted molar refractivity (Wildman–Crippen MR) is 113 cm³/mol. The molecule has 1 atom stereocenters. The van der Waals surface area contributed by atoms with Crippen molar-refractivity contribution in [2.24, 2.45) is 5.92 Å². The number of benzene rings is 1. The lowest BCUT2D eigenvalue weighted by Gasteiger charge is -2.35. The molecular formula is C23H31FN2OS. The van der Waals surface area contributed by atoms with Gasteiger partial charge in [0.15, 0.2) is 0 Å². The first-order chi connectivity index (χ1) is 13.8. The predicted octanol–water partition coefficient (Wildman–Crippen LogP) is 4.78. The third kappa shape index (κ3) is 5.63. The summed E-state index contributed by atoms with van der Waals surface area (Å²) in [5.74, 6) is 0.639. The van der Waals surface area contributed by atoms with Gasteiger partial charge in [0.1, 0.15) is 5.82 Å². The summed E-state index contributed by atoms with van der Waals surface area (Å²) in [6.07, 6.45) is 5.19. The standard InChI is InChI=1S/C23H31FN2OS/c24-23-6-2-1-4-21(23)16-25-10-7-19(8-11-25)14-26(15-20-9-13-28-18-20)17-22-5-3-12-27-22/h1-2,4,6,9,13,18-19,22H,3,5,7-8,10-12,14-17H2. The van der Waals surface area contributed by atoms with Crippen LogP contribution in [0.1, 0.15) is 36.8 Å². The smallest absolute Gasteiger partial charge is 0.127 e. The minimum atomic E-state index is -0.0804. The maximum atomic E-state index is 13.9. The number of nitrogens with zero attached hydrogens (tertiary/aromatic N) is 2. The minimum Gasteiger partial charge on any atom is -0.377 e. The maximum Gasteiger partial charge on any atom is 0.127 e. The second kappa shape index (κ2) is 9.97. The molecule has 0 aliphatic carbocycles. The van der Waals surface area contributed by atoms with Crippen LogP contribution in [0, 0.1) is 11.7 Å². The molecule has 1 unspecified atom stereocenters. The largest absolute Gasteiger partial charge is 0.377 e. The van der Waals surface area contributed by atoms with Crippen molar-refractivity contribution in [3.8, 4) is 0 Å². The van der Waals surface area contributed by atoms with E-state index in [4.69, 9.17) is 4.74 Å². The number of ether oxygens (including phenoxy) is 1. The highest BCUT2D eigenvalue weighted by atomic mass is 32.1. The Kier molecular flexibility index (Phi) is 7.13. The first kappa shape index (κ1) is 20.0. The lowest BCUT2D eigenvalue weighted by Crippen LogP contribution is -2.40. The first-order valence-corrected chi connectivity index (χ1v) is 11.5. The second-order valence-electron chi connectivity index (χ2n) is 8.27. The maximum absolute atomic E-state index is 13.9. The Balaban J connectivity index is 1.28. The molecular weight excluding hydrogens is 371 g/mol. The van der Waals surface area contributed by atoms with Crippen LogP contribution in [0.2, 0.25) is 0 Å². The van der Waals surface area contributed by atoms with Crippen molar-refractivity contribution < 1.29 is 9.13 Å². The average molecular weight is 403 g/mol. The fourth-order valence-electron chi connectivity index (χ4n) is 4.48. The highest BCUT2D eigenvalue weighted by Crippen LogP contribution is 2.23. The van der Waals surface area contributed by atoms with E-state index < -0.39 is 0 Å². The van der Waals surface area contributed by atoms with E-state index in [1.807, 2.05) is 12.1 Å². The quantitative estimate of drug-likeness (QED) is 0.632. The monoisotopic (exact) mass is 402 g/mol. The van der Waals surface area contributed by atoms with E-state index in [0.717, 1.165) is 57.4 Å².